The van der Waals surface area contributed by atoms with E-state index in [9.17, 15) is 4.79 Å². The van der Waals surface area contributed by atoms with E-state index in [0.717, 1.165) is 35.4 Å². The van der Waals surface area contributed by atoms with Gasteiger partial charge in [-0.25, -0.2) is 4.68 Å². The topological polar surface area (TPSA) is 59.8 Å². The van der Waals surface area contributed by atoms with E-state index in [0.29, 0.717) is 0 Å². The van der Waals surface area contributed by atoms with Gasteiger partial charge in [0.15, 0.2) is 0 Å². The second-order valence-corrected chi connectivity index (χ2v) is 5.93. The molecule has 0 unspecified atom stereocenters. The minimum absolute atomic E-state index is 0.0875. The molecule has 0 saturated heterocycles. The minimum atomic E-state index is -0.0875. The summed E-state index contributed by atoms with van der Waals surface area (Å²) in [6.45, 7) is 0.162. The highest BCUT2D eigenvalue weighted by Crippen LogP contribution is 2.37. The van der Waals surface area contributed by atoms with Crippen molar-refractivity contribution < 1.29 is 4.79 Å². The Morgan fingerprint density at radius 2 is 1.67 bits per heavy atom. The Labute approximate surface area is 140 Å². The summed E-state index contributed by atoms with van der Waals surface area (Å²) < 4.78 is 1.70. The summed E-state index contributed by atoms with van der Waals surface area (Å²) in [6.07, 6.45) is 1.92. The molecule has 3 aromatic rings. The fourth-order valence-corrected chi connectivity index (χ4v) is 3.29. The SMILES string of the molecule is CNC(=O)Cn1nnc2c1-c1ccccc1CCc1ccccc1-2. The zero-order valence-electron chi connectivity index (χ0n) is 13.5. The predicted octanol–water partition coefficient (Wildman–Crippen LogP) is 2.46. The summed E-state index contributed by atoms with van der Waals surface area (Å²) in [6, 6.07) is 16.6. The quantitative estimate of drug-likeness (QED) is 0.789. The summed E-state index contributed by atoms with van der Waals surface area (Å²) in [5.41, 5.74) is 6.50. The van der Waals surface area contributed by atoms with Crippen LogP contribution in [0.5, 0.6) is 0 Å². The Kier molecular flexibility index (Phi) is 3.61. The van der Waals surface area contributed by atoms with Crippen LogP contribution in [0.15, 0.2) is 48.5 Å². The maximum Gasteiger partial charge on any atom is 0.241 e. The number of benzene rings is 2. The fourth-order valence-electron chi connectivity index (χ4n) is 3.29. The summed E-state index contributed by atoms with van der Waals surface area (Å²) in [5, 5.41) is 11.3. The molecule has 1 aromatic heterocycles. The summed E-state index contributed by atoms with van der Waals surface area (Å²) in [5.74, 6) is -0.0875. The van der Waals surface area contributed by atoms with Crippen molar-refractivity contribution in [3.8, 4) is 22.5 Å². The molecular formula is C19H18N4O. The van der Waals surface area contributed by atoms with Crippen LogP contribution in [-0.4, -0.2) is 27.9 Å². The van der Waals surface area contributed by atoms with Crippen LogP contribution in [0.4, 0.5) is 0 Å². The number of hydrogen-bond donors (Lipinski definition) is 1. The first kappa shape index (κ1) is 14.6. The van der Waals surface area contributed by atoms with Crippen molar-refractivity contribution in [1.29, 1.82) is 0 Å². The van der Waals surface area contributed by atoms with Gasteiger partial charge in [0.1, 0.15) is 12.2 Å². The van der Waals surface area contributed by atoms with E-state index in [1.54, 1.807) is 11.7 Å². The normalized spacial score (nSPS) is 12.4. The van der Waals surface area contributed by atoms with Gasteiger partial charge >= 0.3 is 0 Å². The van der Waals surface area contributed by atoms with Gasteiger partial charge in [0.05, 0.1) is 5.69 Å². The molecule has 1 heterocycles. The van der Waals surface area contributed by atoms with E-state index >= 15 is 0 Å². The Hall–Kier alpha value is -2.95. The number of aryl methyl sites for hydroxylation is 2. The molecule has 0 atom stereocenters. The average Bonchev–Trinajstić information content (AvgIpc) is 3.01. The number of nitrogens with one attached hydrogen (secondary N) is 1. The van der Waals surface area contributed by atoms with Crippen molar-refractivity contribution >= 4 is 5.91 Å². The molecular weight excluding hydrogens is 300 g/mol. The van der Waals surface area contributed by atoms with Gasteiger partial charge in [-0.1, -0.05) is 53.7 Å². The lowest BCUT2D eigenvalue weighted by Crippen LogP contribution is -2.24. The lowest BCUT2D eigenvalue weighted by Gasteiger charge is -2.17. The molecule has 1 amide bonds. The monoisotopic (exact) mass is 318 g/mol. The standard InChI is InChI=1S/C19H18N4O/c1-20-17(24)12-23-19-16-9-5-3-7-14(16)11-10-13-6-2-4-8-15(13)18(19)21-22-23/h2-9H,10-12H2,1H3,(H,20,24). The molecule has 0 spiro atoms. The minimum Gasteiger partial charge on any atom is -0.358 e. The van der Waals surface area contributed by atoms with Crippen LogP contribution in [-0.2, 0) is 24.2 Å². The third kappa shape index (κ3) is 2.38. The lowest BCUT2D eigenvalue weighted by molar-refractivity contribution is -0.121. The number of hydrogen-bond acceptors (Lipinski definition) is 3. The zero-order chi connectivity index (χ0) is 16.5. The number of amides is 1. The number of carbonyl (C=O) groups is 1. The van der Waals surface area contributed by atoms with Crippen LogP contribution >= 0.6 is 0 Å². The van der Waals surface area contributed by atoms with E-state index in [1.807, 2.05) is 12.1 Å². The van der Waals surface area contributed by atoms with E-state index < -0.39 is 0 Å². The zero-order valence-corrected chi connectivity index (χ0v) is 13.5. The van der Waals surface area contributed by atoms with Gasteiger partial charge < -0.3 is 5.32 Å². The molecule has 1 aliphatic rings. The predicted molar refractivity (Wildman–Crippen MR) is 92.4 cm³/mol. The van der Waals surface area contributed by atoms with Crippen molar-refractivity contribution in [2.24, 2.45) is 0 Å². The van der Waals surface area contributed by atoms with Crippen LogP contribution in [0.1, 0.15) is 11.1 Å². The molecule has 24 heavy (non-hydrogen) atoms. The number of likely N-dealkylation sites (N-methyl/N-ethyl adjacent to an activating group) is 1. The molecule has 0 saturated carbocycles. The van der Waals surface area contributed by atoms with Crippen LogP contribution in [0.25, 0.3) is 22.5 Å². The van der Waals surface area contributed by atoms with Crippen LogP contribution < -0.4 is 5.32 Å². The van der Waals surface area contributed by atoms with E-state index in [4.69, 9.17) is 0 Å². The summed E-state index contributed by atoms with van der Waals surface area (Å²) >= 11 is 0. The van der Waals surface area contributed by atoms with Gasteiger partial charge in [0.25, 0.3) is 0 Å². The smallest absolute Gasteiger partial charge is 0.241 e. The molecule has 0 fully saturated rings. The van der Waals surface area contributed by atoms with Crippen molar-refractivity contribution in [2.75, 3.05) is 7.05 Å². The van der Waals surface area contributed by atoms with Crippen molar-refractivity contribution in [3.63, 3.8) is 0 Å². The number of aromatic nitrogens is 3. The first-order valence-corrected chi connectivity index (χ1v) is 8.08. The first-order chi connectivity index (χ1) is 11.8. The molecule has 1 aliphatic carbocycles. The third-order valence-corrected chi connectivity index (χ3v) is 4.52. The number of carbonyl (C=O) groups excluding carboxylic acids is 1. The Bertz CT molecular complexity index is 913. The second-order valence-electron chi connectivity index (χ2n) is 5.93. The second kappa shape index (κ2) is 5.92. The van der Waals surface area contributed by atoms with Gasteiger partial charge in [0.2, 0.25) is 5.91 Å². The van der Waals surface area contributed by atoms with Crippen LogP contribution in [0.2, 0.25) is 0 Å². The average molecular weight is 318 g/mol. The highest BCUT2D eigenvalue weighted by Gasteiger charge is 2.23. The summed E-state index contributed by atoms with van der Waals surface area (Å²) in [7, 11) is 1.63. The first-order valence-electron chi connectivity index (χ1n) is 8.08. The van der Waals surface area contributed by atoms with Crippen LogP contribution in [0, 0.1) is 0 Å². The molecule has 120 valence electrons. The maximum absolute atomic E-state index is 11.9. The molecule has 0 bridgehead atoms. The molecule has 5 nitrogen and oxygen atoms in total. The Balaban J connectivity index is 1.98. The fraction of sp³-hybridized carbons (Fsp3) is 0.211. The molecule has 0 aliphatic heterocycles. The summed E-state index contributed by atoms with van der Waals surface area (Å²) in [4.78, 5) is 11.9. The van der Waals surface area contributed by atoms with Crippen molar-refractivity contribution in [1.82, 2.24) is 20.3 Å². The van der Waals surface area contributed by atoms with Gasteiger partial charge in [0, 0.05) is 18.2 Å². The van der Waals surface area contributed by atoms with Crippen molar-refractivity contribution in [2.45, 2.75) is 19.4 Å². The largest absolute Gasteiger partial charge is 0.358 e. The van der Waals surface area contributed by atoms with E-state index in [2.05, 4.69) is 52.0 Å². The van der Waals surface area contributed by atoms with Crippen molar-refractivity contribution in [3.05, 3.63) is 59.7 Å². The Morgan fingerprint density at radius 3 is 2.38 bits per heavy atom. The molecule has 4 rings (SSSR count). The third-order valence-electron chi connectivity index (χ3n) is 4.52. The lowest BCUT2D eigenvalue weighted by atomic mass is 9.89. The molecule has 1 N–H and O–H groups in total. The number of fused-ring (bicyclic) bond motifs is 5. The van der Waals surface area contributed by atoms with Gasteiger partial charge in [-0.3, -0.25) is 4.79 Å². The van der Waals surface area contributed by atoms with Gasteiger partial charge in [-0.05, 0) is 24.0 Å². The number of rotatable bonds is 2. The highest BCUT2D eigenvalue weighted by atomic mass is 16.1. The van der Waals surface area contributed by atoms with Gasteiger partial charge in [-0.2, -0.15) is 0 Å². The maximum atomic E-state index is 11.9. The van der Waals surface area contributed by atoms with Gasteiger partial charge in [-0.15, -0.1) is 5.10 Å². The highest BCUT2D eigenvalue weighted by molar-refractivity contribution is 5.83. The Morgan fingerprint density at radius 1 is 1.04 bits per heavy atom. The molecule has 5 heteroatoms. The molecule has 2 aromatic carbocycles. The van der Waals surface area contributed by atoms with Crippen LogP contribution in [0.3, 0.4) is 0 Å². The molecule has 0 radical (unpaired) electrons. The van der Waals surface area contributed by atoms with E-state index in [-0.39, 0.29) is 12.5 Å². The van der Waals surface area contributed by atoms with E-state index in [1.165, 1.54) is 11.1 Å². The number of nitrogens with zero attached hydrogens (tertiary/aromatic N) is 3.